The van der Waals surface area contributed by atoms with Gasteiger partial charge in [0, 0.05) is 0 Å². The molecule has 0 saturated carbocycles. The third-order valence-electron chi connectivity index (χ3n) is 7.51. The van der Waals surface area contributed by atoms with Crippen molar-refractivity contribution in [2.45, 2.75) is 128 Å². The number of hydrogen-bond acceptors (Lipinski definition) is 4. The van der Waals surface area contributed by atoms with E-state index in [-0.39, 0.29) is 17.4 Å². The van der Waals surface area contributed by atoms with E-state index >= 15 is 0 Å². The van der Waals surface area contributed by atoms with Gasteiger partial charge in [0.15, 0.2) is 0 Å². The van der Waals surface area contributed by atoms with Gasteiger partial charge in [0.05, 0.1) is 24.0 Å². The van der Waals surface area contributed by atoms with E-state index in [0.29, 0.717) is 18.6 Å². The molecule has 0 heterocycles. The maximum absolute atomic E-state index is 12.8. The molecule has 37 heavy (non-hydrogen) atoms. The summed E-state index contributed by atoms with van der Waals surface area (Å²) in [4.78, 5) is 24.8. The summed E-state index contributed by atoms with van der Waals surface area (Å²) in [5.41, 5.74) is 2.09. The van der Waals surface area contributed by atoms with Crippen LogP contribution < -0.4 is 0 Å². The van der Waals surface area contributed by atoms with Crippen LogP contribution in [0.5, 0.6) is 0 Å². The molecular weight excluding hydrogens is 460 g/mol. The van der Waals surface area contributed by atoms with Crippen molar-refractivity contribution in [2.24, 2.45) is 21.7 Å². The molecule has 214 valence electrons. The molecule has 0 spiro atoms. The van der Waals surface area contributed by atoms with Crippen LogP contribution in [-0.2, 0) is 31.9 Å². The Morgan fingerprint density at radius 2 is 1.05 bits per heavy atom. The van der Waals surface area contributed by atoms with Gasteiger partial charge in [0.2, 0.25) is 0 Å². The van der Waals surface area contributed by atoms with Gasteiger partial charge < -0.3 is 9.47 Å². The second kappa shape index (κ2) is 15.5. The van der Waals surface area contributed by atoms with E-state index in [0.717, 1.165) is 38.5 Å². The zero-order valence-corrected chi connectivity index (χ0v) is 26.3. The van der Waals surface area contributed by atoms with Crippen LogP contribution in [0, 0.1) is 21.7 Å². The molecule has 0 aliphatic rings. The van der Waals surface area contributed by atoms with Crippen LogP contribution in [0.2, 0.25) is 0 Å². The lowest BCUT2D eigenvalue weighted by molar-refractivity contribution is -0.157. The first-order valence-electron chi connectivity index (χ1n) is 14.4. The minimum atomic E-state index is -0.488. The smallest absolute Gasteiger partial charge is 0.311 e. The number of benzene rings is 1. The maximum atomic E-state index is 12.8. The number of hydrogen-bond donors (Lipinski definition) is 0. The first-order valence-corrected chi connectivity index (χ1v) is 14.4. The topological polar surface area (TPSA) is 52.6 Å². The standard InChI is InChI=1S/C27H44O4.C6H14/c1-9-25(4,5)20-27(8,24(29)31-11-3)19-17-22-14-12-21(13-15-22)16-18-26(6,7)23(28)30-10-2;1-5-6(2,3)4/h12-15H,9-11,16-20H2,1-8H3;5H2,1-4H3. The first kappa shape index (κ1) is 35.2. The molecule has 0 aromatic heterocycles. The van der Waals surface area contributed by atoms with Gasteiger partial charge in [-0.25, -0.2) is 0 Å². The fourth-order valence-electron chi connectivity index (χ4n) is 3.93. The predicted molar refractivity (Wildman–Crippen MR) is 157 cm³/mol. The molecule has 1 aromatic rings. The second-order valence-electron chi connectivity index (χ2n) is 13.3. The number of ether oxygens (including phenoxy) is 2. The van der Waals surface area contributed by atoms with Crippen molar-refractivity contribution in [3.8, 4) is 0 Å². The van der Waals surface area contributed by atoms with Crippen LogP contribution in [0.15, 0.2) is 24.3 Å². The lowest BCUT2D eigenvalue weighted by Gasteiger charge is -2.35. The van der Waals surface area contributed by atoms with Crippen molar-refractivity contribution in [2.75, 3.05) is 13.2 Å². The Balaban J connectivity index is 0.00000192. The molecule has 0 aliphatic heterocycles. The summed E-state index contributed by atoms with van der Waals surface area (Å²) >= 11 is 0. The van der Waals surface area contributed by atoms with Gasteiger partial charge in [-0.15, -0.1) is 0 Å². The summed E-state index contributed by atoms with van der Waals surface area (Å²) in [6.07, 6.45) is 6.30. The number of aryl methyl sites for hydroxylation is 2. The zero-order chi connectivity index (χ0) is 28.9. The number of esters is 2. The van der Waals surface area contributed by atoms with Crippen molar-refractivity contribution in [1.29, 1.82) is 0 Å². The molecule has 1 atom stereocenters. The largest absolute Gasteiger partial charge is 0.466 e. The Labute approximate surface area is 229 Å². The van der Waals surface area contributed by atoms with E-state index in [1.54, 1.807) is 0 Å². The van der Waals surface area contributed by atoms with E-state index < -0.39 is 10.8 Å². The molecule has 1 unspecified atom stereocenters. The molecule has 4 nitrogen and oxygen atoms in total. The van der Waals surface area contributed by atoms with Gasteiger partial charge >= 0.3 is 11.9 Å². The summed E-state index contributed by atoms with van der Waals surface area (Å²) < 4.78 is 10.6. The van der Waals surface area contributed by atoms with Crippen LogP contribution >= 0.6 is 0 Å². The van der Waals surface area contributed by atoms with Gasteiger partial charge in [-0.2, -0.15) is 0 Å². The Bertz CT molecular complexity index is 799. The van der Waals surface area contributed by atoms with Gasteiger partial charge in [0.25, 0.3) is 0 Å². The SMILES string of the molecule is CCC(C)(C)C.CCOC(=O)C(C)(C)CCc1ccc(CCC(C)(CC(C)(C)CC)C(=O)OCC)cc1. The molecule has 1 rings (SSSR count). The van der Waals surface area contributed by atoms with Gasteiger partial charge in [-0.3, -0.25) is 9.59 Å². The molecule has 1 aromatic carbocycles. The summed E-state index contributed by atoms with van der Waals surface area (Å²) in [6, 6.07) is 8.55. The molecule has 0 bridgehead atoms. The van der Waals surface area contributed by atoms with E-state index in [4.69, 9.17) is 9.47 Å². The minimum Gasteiger partial charge on any atom is -0.466 e. The van der Waals surface area contributed by atoms with Crippen molar-refractivity contribution in [1.82, 2.24) is 0 Å². The summed E-state index contributed by atoms with van der Waals surface area (Å²) in [6.45, 7) is 26.0. The highest BCUT2D eigenvalue weighted by Crippen LogP contribution is 2.40. The van der Waals surface area contributed by atoms with Crippen LogP contribution in [0.4, 0.5) is 0 Å². The highest BCUT2D eigenvalue weighted by Gasteiger charge is 2.39. The highest BCUT2D eigenvalue weighted by atomic mass is 16.5. The zero-order valence-electron chi connectivity index (χ0n) is 26.3. The normalized spacial score (nSPS) is 13.7. The van der Waals surface area contributed by atoms with Crippen molar-refractivity contribution in [3.63, 3.8) is 0 Å². The average molecular weight is 519 g/mol. The van der Waals surface area contributed by atoms with Crippen LogP contribution in [-0.4, -0.2) is 25.2 Å². The number of carbonyl (C=O) groups is 2. The molecule has 0 radical (unpaired) electrons. The maximum Gasteiger partial charge on any atom is 0.311 e. The Hall–Kier alpha value is -1.84. The summed E-state index contributed by atoms with van der Waals surface area (Å²) in [7, 11) is 0. The monoisotopic (exact) mass is 518 g/mol. The third kappa shape index (κ3) is 14.0. The Morgan fingerprint density at radius 3 is 1.43 bits per heavy atom. The summed E-state index contributed by atoms with van der Waals surface area (Å²) in [5.74, 6) is -0.228. The fraction of sp³-hybridized carbons (Fsp3) is 0.758. The quantitative estimate of drug-likeness (QED) is 0.244. The molecule has 0 saturated heterocycles. The van der Waals surface area contributed by atoms with Crippen LogP contribution in [0.3, 0.4) is 0 Å². The molecule has 0 fully saturated rings. The van der Waals surface area contributed by atoms with Gasteiger partial charge in [0.1, 0.15) is 0 Å². The number of carbonyl (C=O) groups excluding carboxylic acids is 2. The van der Waals surface area contributed by atoms with Gasteiger partial charge in [-0.05, 0) is 88.7 Å². The predicted octanol–water partition coefficient (Wildman–Crippen LogP) is 8.98. The van der Waals surface area contributed by atoms with E-state index in [1.807, 2.05) is 34.6 Å². The van der Waals surface area contributed by atoms with E-state index in [1.165, 1.54) is 17.5 Å². The Morgan fingerprint density at radius 1 is 0.649 bits per heavy atom. The van der Waals surface area contributed by atoms with Crippen molar-refractivity contribution < 1.29 is 19.1 Å². The lowest BCUT2D eigenvalue weighted by atomic mass is 9.70. The van der Waals surface area contributed by atoms with E-state index in [2.05, 4.69) is 72.7 Å². The molecule has 0 N–H and O–H groups in total. The van der Waals surface area contributed by atoms with Crippen molar-refractivity contribution in [3.05, 3.63) is 35.4 Å². The molecule has 4 heteroatoms. The van der Waals surface area contributed by atoms with E-state index in [9.17, 15) is 9.59 Å². The fourth-order valence-corrected chi connectivity index (χ4v) is 3.93. The van der Waals surface area contributed by atoms with Crippen LogP contribution in [0.1, 0.15) is 126 Å². The Kier molecular flexibility index (Phi) is 14.8. The number of rotatable bonds is 13. The second-order valence-corrected chi connectivity index (χ2v) is 13.3. The molecular formula is C33H58O4. The third-order valence-corrected chi connectivity index (χ3v) is 7.51. The minimum absolute atomic E-state index is 0.0886. The van der Waals surface area contributed by atoms with Crippen molar-refractivity contribution >= 4 is 11.9 Å². The first-order chi connectivity index (χ1) is 16.9. The average Bonchev–Trinajstić information content (AvgIpc) is 2.82. The highest BCUT2D eigenvalue weighted by molar-refractivity contribution is 5.76. The molecule has 0 aliphatic carbocycles. The van der Waals surface area contributed by atoms with Crippen LogP contribution in [0.25, 0.3) is 0 Å². The lowest BCUT2D eigenvalue weighted by Crippen LogP contribution is -2.35. The van der Waals surface area contributed by atoms with Gasteiger partial charge in [-0.1, -0.05) is 85.6 Å². The summed E-state index contributed by atoms with van der Waals surface area (Å²) in [5, 5.41) is 0. The molecule has 0 amide bonds.